The molecule has 162 valence electrons. The Morgan fingerprint density at radius 3 is 1.81 bits per heavy atom. The van der Waals surface area contributed by atoms with Crippen LogP contribution in [0.2, 0.25) is 0 Å². The minimum Gasteiger partial charge on any atom is -0.358 e. The van der Waals surface area contributed by atoms with Crippen LogP contribution in [0.15, 0.2) is 97.1 Å². The van der Waals surface area contributed by atoms with Crippen molar-refractivity contribution in [3.05, 3.63) is 119 Å². The second kappa shape index (κ2) is 9.56. The first kappa shape index (κ1) is 20.7. The second-order valence-corrected chi connectivity index (χ2v) is 8.74. The number of aromatic nitrogens is 1. The first-order chi connectivity index (χ1) is 15.8. The van der Waals surface area contributed by atoms with Gasteiger partial charge in [0.1, 0.15) is 0 Å². The number of nitrogens with one attached hydrogen (secondary N) is 1. The molecular formula is C29H31N3. The van der Waals surface area contributed by atoms with E-state index < -0.39 is 0 Å². The Bertz CT molecular complexity index is 1070. The van der Waals surface area contributed by atoms with Gasteiger partial charge in [-0.25, -0.2) is 0 Å². The lowest BCUT2D eigenvalue weighted by molar-refractivity contribution is 0.105. The molecular weight excluding hydrogens is 390 g/mol. The number of nitrogens with zero attached hydrogens (tertiary/aromatic N) is 2. The minimum absolute atomic E-state index is 0.318. The van der Waals surface area contributed by atoms with Crippen molar-refractivity contribution in [2.75, 3.05) is 26.2 Å². The molecule has 3 heteroatoms. The number of aromatic amines is 1. The third-order valence-corrected chi connectivity index (χ3v) is 6.60. The molecule has 1 aliphatic rings. The molecule has 0 unspecified atom stereocenters. The fourth-order valence-electron chi connectivity index (χ4n) is 4.84. The van der Waals surface area contributed by atoms with Crippen LogP contribution in [-0.4, -0.2) is 41.0 Å². The van der Waals surface area contributed by atoms with E-state index in [2.05, 4.69) is 119 Å². The summed E-state index contributed by atoms with van der Waals surface area (Å²) in [7, 11) is 0. The first-order valence-corrected chi connectivity index (χ1v) is 11.6. The molecule has 1 saturated heterocycles. The zero-order valence-electron chi connectivity index (χ0n) is 18.7. The van der Waals surface area contributed by atoms with Crippen molar-refractivity contribution in [3.8, 4) is 11.3 Å². The Labute approximate surface area is 191 Å². The molecule has 0 amide bonds. The van der Waals surface area contributed by atoms with Crippen molar-refractivity contribution in [3.63, 3.8) is 0 Å². The quantitative estimate of drug-likeness (QED) is 0.419. The highest BCUT2D eigenvalue weighted by atomic mass is 15.3. The summed E-state index contributed by atoms with van der Waals surface area (Å²) < 4.78 is 0. The van der Waals surface area contributed by atoms with Crippen molar-refractivity contribution in [1.82, 2.24) is 14.8 Å². The normalized spacial score (nSPS) is 15.3. The van der Waals surface area contributed by atoms with Gasteiger partial charge in [0, 0.05) is 44.1 Å². The molecule has 0 spiro atoms. The third-order valence-electron chi connectivity index (χ3n) is 6.60. The average molecular weight is 422 g/mol. The van der Waals surface area contributed by atoms with Gasteiger partial charge in [0.25, 0.3) is 0 Å². The van der Waals surface area contributed by atoms with Crippen LogP contribution in [0.1, 0.15) is 28.4 Å². The summed E-state index contributed by atoms with van der Waals surface area (Å²) in [6.07, 6.45) is 0. The van der Waals surface area contributed by atoms with Crippen molar-refractivity contribution >= 4 is 0 Å². The van der Waals surface area contributed by atoms with Crippen LogP contribution < -0.4 is 0 Å². The summed E-state index contributed by atoms with van der Waals surface area (Å²) in [6, 6.07) is 35.1. The Kier molecular flexibility index (Phi) is 6.20. The summed E-state index contributed by atoms with van der Waals surface area (Å²) in [6.45, 7) is 7.51. The minimum atomic E-state index is 0.318. The lowest BCUT2D eigenvalue weighted by Crippen LogP contribution is -2.47. The standard InChI is InChI=1S/C29H31N3/c1-23-27(21-28(30-23)24-11-5-2-6-12-24)22-31-17-19-32(20-18-31)29(25-13-7-3-8-14-25)26-15-9-4-10-16-26/h2-16,21,29-30H,17-20,22H2,1H3. The number of hydrogen-bond acceptors (Lipinski definition) is 2. The Morgan fingerprint density at radius 2 is 1.25 bits per heavy atom. The van der Waals surface area contributed by atoms with Gasteiger partial charge in [-0.1, -0.05) is 91.0 Å². The van der Waals surface area contributed by atoms with E-state index in [1.807, 2.05) is 0 Å². The van der Waals surface area contributed by atoms with E-state index >= 15 is 0 Å². The van der Waals surface area contributed by atoms with Gasteiger partial charge < -0.3 is 4.98 Å². The van der Waals surface area contributed by atoms with Crippen molar-refractivity contribution in [2.24, 2.45) is 0 Å². The van der Waals surface area contributed by atoms with Gasteiger partial charge >= 0.3 is 0 Å². The zero-order chi connectivity index (χ0) is 21.8. The second-order valence-electron chi connectivity index (χ2n) is 8.74. The van der Waals surface area contributed by atoms with Crippen molar-refractivity contribution in [2.45, 2.75) is 19.5 Å². The number of H-pyrrole nitrogens is 1. The summed E-state index contributed by atoms with van der Waals surface area (Å²) in [4.78, 5) is 8.81. The molecule has 3 aromatic carbocycles. The predicted octanol–water partition coefficient (Wildman–Crippen LogP) is 5.90. The molecule has 1 fully saturated rings. The van der Waals surface area contributed by atoms with Gasteiger partial charge in [-0.3, -0.25) is 9.80 Å². The van der Waals surface area contributed by atoms with Gasteiger partial charge in [-0.05, 0) is 35.2 Å². The number of piperazine rings is 1. The largest absolute Gasteiger partial charge is 0.358 e. The summed E-state index contributed by atoms with van der Waals surface area (Å²) in [5.74, 6) is 0. The van der Waals surface area contributed by atoms with Gasteiger partial charge in [-0.15, -0.1) is 0 Å². The highest BCUT2D eigenvalue weighted by molar-refractivity contribution is 5.61. The molecule has 0 bridgehead atoms. The fraction of sp³-hybridized carbons (Fsp3) is 0.241. The molecule has 0 aliphatic carbocycles. The Morgan fingerprint density at radius 1 is 0.719 bits per heavy atom. The lowest BCUT2D eigenvalue weighted by atomic mass is 9.96. The highest BCUT2D eigenvalue weighted by Gasteiger charge is 2.26. The number of benzene rings is 3. The summed E-state index contributed by atoms with van der Waals surface area (Å²) >= 11 is 0. The van der Waals surface area contributed by atoms with Crippen LogP contribution in [0.4, 0.5) is 0 Å². The zero-order valence-corrected chi connectivity index (χ0v) is 18.7. The molecule has 0 radical (unpaired) electrons. The highest BCUT2D eigenvalue weighted by Crippen LogP contribution is 2.30. The van der Waals surface area contributed by atoms with E-state index in [0.29, 0.717) is 6.04 Å². The molecule has 1 N–H and O–H groups in total. The van der Waals surface area contributed by atoms with Crippen LogP contribution >= 0.6 is 0 Å². The molecule has 0 atom stereocenters. The van der Waals surface area contributed by atoms with Gasteiger partial charge in [0.15, 0.2) is 0 Å². The van der Waals surface area contributed by atoms with E-state index in [0.717, 1.165) is 32.7 Å². The molecule has 32 heavy (non-hydrogen) atoms. The topological polar surface area (TPSA) is 22.3 Å². The van der Waals surface area contributed by atoms with Crippen molar-refractivity contribution in [1.29, 1.82) is 0 Å². The first-order valence-electron chi connectivity index (χ1n) is 11.6. The molecule has 5 rings (SSSR count). The smallest absolute Gasteiger partial charge is 0.0602 e. The van der Waals surface area contributed by atoms with Crippen molar-refractivity contribution < 1.29 is 0 Å². The maximum absolute atomic E-state index is 3.58. The van der Waals surface area contributed by atoms with Crippen LogP contribution in [0, 0.1) is 6.92 Å². The summed E-state index contributed by atoms with van der Waals surface area (Å²) in [5, 5.41) is 0. The molecule has 1 aliphatic heterocycles. The maximum Gasteiger partial charge on any atom is 0.0602 e. The molecule has 1 aromatic heterocycles. The van der Waals surface area contributed by atoms with E-state index in [4.69, 9.17) is 0 Å². The Hall–Kier alpha value is -3.14. The fourth-order valence-corrected chi connectivity index (χ4v) is 4.84. The monoisotopic (exact) mass is 421 g/mol. The van der Waals surface area contributed by atoms with Crippen LogP contribution in [0.25, 0.3) is 11.3 Å². The van der Waals surface area contributed by atoms with Crippen LogP contribution in [0.3, 0.4) is 0 Å². The average Bonchev–Trinajstić information content (AvgIpc) is 3.22. The molecule has 4 aromatic rings. The third kappa shape index (κ3) is 4.55. The van der Waals surface area contributed by atoms with Gasteiger partial charge in [0.05, 0.1) is 6.04 Å². The number of hydrogen-bond donors (Lipinski definition) is 1. The summed E-state index contributed by atoms with van der Waals surface area (Å²) in [5.41, 5.74) is 7.89. The number of aryl methyl sites for hydroxylation is 1. The lowest BCUT2D eigenvalue weighted by Gasteiger charge is -2.39. The molecule has 3 nitrogen and oxygen atoms in total. The van der Waals surface area contributed by atoms with E-state index in [1.54, 1.807) is 0 Å². The van der Waals surface area contributed by atoms with Crippen LogP contribution in [-0.2, 0) is 6.54 Å². The Balaban J connectivity index is 1.28. The molecule has 2 heterocycles. The van der Waals surface area contributed by atoms with E-state index in [9.17, 15) is 0 Å². The number of rotatable bonds is 6. The van der Waals surface area contributed by atoms with Gasteiger partial charge in [0.2, 0.25) is 0 Å². The van der Waals surface area contributed by atoms with E-state index in [1.165, 1.54) is 33.6 Å². The maximum atomic E-state index is 3.58. The molecule has 0 saturated carbocycles. The SMILES string of the molecule is Cc1[nH]c(-c2ccccc2)cc1CN1CCN(C(c2ccccc2)c2ccccc2)CC1. The predicted molar refractivity (Wildman–Crippen MR) is 133 cm³/mol. The van der Waals surface area contributed by atoms with Gasteiger partial charge in [-0.2, -0.15) is 0 Å². The van der Waals surface area contributed by atoms with E-state index in [-0.39, 0.29) is 0 Å². The van der Waals surface area contributed by atoms with Crippen LogP contribution in [0.5, 0.6) is 0 Å².